The molecule has 0 radical (unpaired) electrons. The number of hydrogen-bond donors (Lipinski definition) is 1. The summed E-state index contributed by atoms with van der Waals surface area (Å²) in [6, 6.07) is 7.52. The summed E-state index contributed by atoms with van der Waals surface area (Å²) in [5.74, 6) is -1.56. The van der Waals surface area contributed by atoms with Gasteiger partial charge in [-0.15, -0.1) is 0 Å². The van der Waals surface area contributed by atoms with E-state index in [2.05, 4.69) is 15.5 Å². The van der Waals surface area contributed by atoms with Crippen LogP contribution in [0.25, 0.3) is 22.4 Å². The van der Waals surface area contributed by atoms with E-state index < -0.39 is 17.7 Å². The predicted octanol–water partition coefficient (Wildman–Crippen LogP) is 2.63. The Kier molecular flexibility index (Phi) is 4.92. The summed E-state index contributed by atoms with van der Waals surface area (Å²) < 4.78 is 24.0. The van der Waals surface area contributed by atoms with Gasteiger partial charge < -0.3 is 14.6 Å². The fraction of sp³-hybridized carbons (Fsp3) is 0.222. The van der Waals surface area contributed by atoms with Gasteiger partial charge >= 0.3 is 5.97 Å². The third-order valence-corrected chi connectivity index (χ3v) is 3.71. The summed E-state index contributed by atoms with van der Waals surface area (Å²) in [5, 5.41) is 6.71. The molecule has 0 fully saturated rings. The van der Waals surface area contributed by atoms with Crippen molar-refractivity contribution < 1.29 is 23.2 Å². The molecule has 1 aromatic carbocycles. The molecule has 0 saturated carbocycles. The first kappa shape index (κ1) is 17.5. The van der Waals surface area contributed by atoms with Crippen LogP contribution in [-0.4, -0.2) is 35.2 Å². The van der Waals surface area contributed by atoms with Gasteiger partial charge in [-0.3, -0.25) is 9.59 Å². The van der Waals surface area contributed by atoms with Crippen molar-refractivity contribution in [2.75, 3.05) is 13.2 Å². The van der Waals surface area contributed by atoms with Crippen LogP contribution in [0.3, 0.4) is 0 Å². The van der Waals surface area contributed by atoms with Crippen LogP contribution in [0.15, 0.2) is 34.9 Å². The Balaban J connectivity index is 2.03. The molecule has 0 bridgehead atoms. The van der Waals surface area contributed by atoms with Crippen molar-refractivity contribution in [2.24, 2.45) is 0 Å². The molecule has 2 aromatic heterocycles. The molecule has 7 nitrogen and oxygen atoms in total. The summed E-state index contributed by atoms with van der Waals surface area (Å²) in [4.78, 5) is 28.3. The molecule has 8 heteroatoms. The van der Waals surface area contributed by atoms with Gasteiger partial charge in [-0.2, -0.15) is 0 Å². The zero-order valence-electron chi connectivity index (χ0n) is 14.2. The Morgan fingerprint density at radius 3 is 2.81 bits per heavy atom. The predicted molar refractivity (Wildman–Crippen MR) is 90.9 cm³/mol. The van der Waals surface area contributed by atoms with Gasteiger partial charge in [0.1, 0.15) is 12.4 Å². The lowest BCUT2D eigenvalue weighted by Crippen LogP contribution is -2.30. The first-order chi connectivity index (χ1) is 12.5. The highest BCUT2D eigenvalue weighted by Gasteiger charge is 2.20. The van der Waals surface area contributed by atoms with Crippen LogP contribution < -0.4 is 5.32 Å². The third kappa shape index (κ3) is 3.39. The Morgan fingerprint density at radius 2 is 2.08 bits per heavy atom. The van der Waals surface area contributed by atoms with E-state index >= 15 is 0 Å². The van der Waals surface area contributed by atoms with Crippen LogP contribution in [-0.2, 0) is 9.53 Å². The number of fused-ring (bicyclic) bond motifs is 1. The van der Waals surface area contributed by atoms with E-state index in [-0.39, 0.29) is 35.7 Å². The number of aryl methyl sites for hydroxylation is 1. The smallest absolute Gasteiger partial charge is 0.325 e. The topological polar surface area (TPSA) is 94.3 Å². The number of rotatable bonds is 5. The number of esters is 1. The van der Waals surface area contributed by atoms with Crippen molar-refractivity contribution in [2.45, 2.75) is 13.8 Å². The molecule has 0 spiro atoms. The van der Waals surface area contributed by atoms with Crippen molar-refractivity contribution in [3.63, 3.8) is 0 Å². The number of amides is 1. The molecule has 0 saturated heterocycles. The maximum atomic E-state index is 14.1. The number of hydrogen-bond acceptors (Lipinski definition) is 6. The number of nitrogens with one attached hydrogen (secondary N) is 1. The molecule has 134 valence electrons. The second kappa shape index (κ2) is 7.30. The Hall–Kier alpha value is -3.29. The standard InChI is InChI=1S/C18H16FN3O4/c1-3-25-15(23)9-20-17(24)12-8-14(11-6-4-5-7-13(11)19)21-18-16(12)10(2)22-26-18/h4-8H,3,9H2,1-2H3,(H,20,24). The lowest BCUT2D eigenvalue weighted by Gasteiger charge is -2.08. The minimum Gasteiger partial charge on any atom is -0.465 e. The normalized spacial score (nSPS) is 10.7. The third-order valence-electron chi connectivity index (χ3n) is 3.71. The second-order valence-corrected chi connectivity index (χ2v) is 5.47. The fourth-order valence-corrected chi connectivity index (χ4v) is 2.54. The minimum atomic E-state index is -0.553. The average molecular weight is 357 g/mol. The second-order valence-electron chi connectivity index (χ2n) is 5.47. The van der Waals surface area contributed by atoms with Crippen LogP contribution >= 0.6 is 0 Å². The maximum absolute atomic E-state index is 14.1. The summed E-state index contributed by atoms with van der Waals surface area (Å²) in [5.41, 5.74) is 1.23. The number of pyridine rings is 1. The highest BCUT2D eigenvalue weighted by Crippen LogP contribution is 2.28. The zero-order valence-corrected chi connectivity index (χ0v) is 14.2. The number of ether oxygens (including phenoxy) is 1. The van der Waals surface area contributed by atoms with Crippen LogP contribution in [0.1, 0.15) is 23.0 Å². The molecule has 0 aliphatic rings. The summed E-state index contributed by atoms with van der Waals surface area (Å²) >= 11 is 0. The van der Waals surface area contributed by atoms with Gasteiger partial charge in [-0.05, 0) is 32.0 Å². The van der Waals surface area contributed by atoms with Gasteiger partial charge in [0.15, 0.2) is 0 Å². The molecule has 0 aliphatic carbocycles. The quantitative estimate of drug-likeness (QED) is 0.706. The molecule has 2 heterocycles. The van der Waals surface area contributed by atoms with Gasteiger partial charge in [-0.25, -0.2) is 9.37 Å². The van der Waals surface area contributed by atoms with Crippen LogP contribution in [0, 0.1) is 12.7 Å². The van der Waals surface area contributed by atoms with E-state index in [9.17, 15) is 14.0 Å². The summed E-state index contributed by atoms with van der Waals surface area (Å²) in [6.45, 7) is 3.28. The molecule has 26 heavy (non-hydrogen) atoms. The van der Waals surface area contributed by atoms with Gasteiger partial charge in [0, 0.05) is 5.56 Å². The molecular formula is C18H16FN3O4. The Morgan fingerprint density at radius 1 is 1.31 bits per heavy atom. The molecular weight excluding hydrogens is 341 g/mol. The van der Waals surface area contributed by atoms with Gasteiger partial charge in [0.2, 0.25) is 0 Å². The van der Waals surface area contributed by atoms with E-state index in [1.807, 2.05) is 0 Å². The highest BCUT2D eigenvalue weighted by atomic mass is 19.1. The van der Waals surface area contributed by atoms with Crippen molar-refractivity contribution in [1.82, 2.24) is 15.5 Å². The largest absolute Gasteiger partial charge is 0.465 e. The lowest BCUT2D eigenvalue weighted by molar-refractivity contribution is -0.141. The van der Waals surface area contributed by atoms with E-state index in [1.54, 1.807) is 32.0 Å². The number of benzene rings is 1. The molecule has 0 aliphatic heterocycles. The molecule has 3 aromatic rings. The number of carbonyl (C=O) groups excluding carboxylic acids is 2. The number of carbonyl (C=O) groups is 2. The van der Waals surface area contributed by atoms with Crippen molar-refractivity contribution in [1.29, 1.82) is 0 Å². The minimum absolute atomic E-state index is 0.115. The van der Waals surface area contributed by atoms with Crippen molar-refractivity contribution in [3.05, 3.63) is 47.4 Å². The molecule has 1 N–H and O–H groups in total. The fourth-order valence-electron chi connectivity index (χ4n) is 2.54. The molecule has 0 atom stereocenters. The summed E-state index contributed by atoms with van der Waals surface area (Å²) in [7, 11) is 0. The lowest BCUT2D eigenvalue weighted by atomic mass is 10.0. The Labute approximate surface area is 148 Å². The number of aromatic nitrogens is 2. The van der Waals surface area contributed by atoms with Crippen LogP contribution in [0.2, 0.25) is 0 Å². The van der Waals surface area contributed by atoms with Crippen molar-refractivity contribution in [3.8, 4) is 11.3 Å². The van der Waals surface area contributed by atoms with Gasteiger partial charge in [0.25, 0.3) is 11.6 Å². The number of nitrogens with zero attached hydrogens (tertiary/aromatic N) is 2. The first-order valence-corrected chi connectivity index (χ1v) is 7.97. The maximum Gasteiger partial charge on any atom is 0.325 e. The average Bonchev–Trinajstić information content (AvgIpc) is 3.00. The zero-order chi connectivity index (χ0) is 18.7. The van der Waals surface area contributed by atoms with Crippen molar-refractivity contribution >= 4 is 23.0 Å². The molecule has 0 unspecified atom stereocenters. The first-order valence-electron chi connectivity index (χ1n) is 7.97. The highest BCUT2D eigenvalue weighted by molar-refractivity contribution is 6.07. The van der Waals surface area contributed by atoms with E-state index in [1.165, 1.54) is 12.1 Å². The van der Waals surface area contributed by atoms with Crippen LogP contribution in [0.5, 0.6) is 0 Å². The van der Waals surface area contributed by atoms with Gasteiger partial charge in [0.05, 0.1) is 28.9 Å². The SMILES string of the molecule is CCOC(=O)CNC(=O)c1cc(-c2ccccc2F)nc2onc(C)c12. The monoisotopic (exact) mass is 357 g/mol. The van der Waals surface area contributed by atoms with E-state index in [0.29, 0.717) is 11.1 Å². The number of halogens is 1. The van der Waals surface area contributed by atoms with Crippen LogP contribution in [0.4, 0.5) is 4.39 Å². The Bertz CT molecular complexity index is 984. The van der Waals surface area contributed by atoms with Gasteiger partial charge in [-0.1, -0.05) is 17.3 Å². The van der Waals surface area contributed by atoms with E-state index in [4.69, 9.17) is 9.26 Å². The molecule has 1 amide bonds. The molecule has 3 rings (SSSR count). The van der Waals surface area contributed by atoms with E-state index in [0.717, 1.165) is 0 Å². The summed E-state index contributed by atoms with van der Waals surface area (Å²) in [6.07, 6.45) is 0.